The van der Waals surface area contributed by atoms with Gasteiger partial charge in [-0.05, 0) is 30.9 Å². The van der Waals surface area contributed by atoms with E-state index in [2.05, 4.69) is 34.8 Å². The van der Waals surface area contributed by atoms with Crippen molar-refractivity contribution in [3.05, 3.63) is 39.8 Å². The third kappa shape index (κ3) is 4.93. The van der Waals surface area contributed by atoms with Gasteiger partial charge in [-0.2, -0.15) is 0 Å². The molecule has 0 radical (unpaired) electrons. The molecular weight excluding hydrogens is 350 g/mol. The van der Waals surface area contributed by atoms with Crippen LogP contribution in [-0.4, -0.2) is 17.6 Å². The molecule has 1 aromatic carbocycles. The number of halogens is 1. The summed E-state index contributed by atoms with van der Waals surface area (Å²) < 4.78 is 6.27. The number of carbonyl (C=O) groups excluding carboxylic acids is 1. The number of carbonyl (C=O) groups is 1. The van der Waals surface area contributed by atoms with E-state index in [1.807, 2.05) is 24.3 Å². The molecule has 2 rings (SSSR count). The average molecular weight is 368 g/mol. The molecule has 2 aromatic rings. The van der Waals surface area contributed by atoms with E-state index in [0.717, 1.165) is 27.9 Å². The molecule has 0 atom stereocenters. The number of benzene rings is 1. The van der Waals surface area contributed by atoms with Crippen LogP contribution in [0.1, 0.15) is 36.4 Å². The Balaban J connectivity index is 1.95. The number of rotatable bonds is 6. The van der Waals surface area contributed by atoms with Crippen molar-refractivity contribution >= 4 is 33.2 Å². The van der Waals surface area contributed by atoms with Crippen LogP contribution in [0.15, 0.2) is 34.9 Å². The molecule has 0 saturated carbocycles. The van der Waals surface area contributed by atoms with Gasteiger partial charge in [-0.1, -0.05) is 41.9 Å². The van der Waals surface area contributed by atoms with Gasteiger partial charge in [-0.25, -0.2) is 9.78 Å². The molecule has 1 aromatic heterocycles. The van der Waals surface area contributed by atoms with Gasteiger partial charge in [-0.3, -0.25) is 0 Å². The predicted octanol–water partition coefficient (Wildman–Crippen LogP) is 5.17. The maximum absolute atomic E-state index is 11.9. The molecule has 112 valence electrons. The second-order valence-corrected chi connectivity index (χ2v) is 7.16. The molecule has 5 heteroatoms. The van der Waals surface area contributed by atoms with Gasteiger partial charge < -0.3 is 4.74 Å². The highest BCUT2D eigenvalue weighted by atomic mass is 79.9. The van der Waals surface area contributed by atoms with Crippen molar-refractivity contribution in [1.29, 1.82) is 0 Å². The number of thiazole rings is 1. The standard InChI is InChI=1S/C16H18BrNO2S/c1-11(2)5-4-8-20-16(19)14-10-18-15(21-14)12-6-3-7-13(17)9-12/h3,6-7,9-11H,4-5,8H2,1-2H3. The van der Waals surface area contributed by atoms with Crippen molar-refractivity contribution in [2.75, 3.05) is 6.61 Å². The maximum Gasteiger partial charge on any atom is 0.349 e. The van der Waals surface area contributed by atoms with Crippen molar-refractivity contribution in [2.45, 2.75) is 26.7 Å². The molecule has 0 amide bonds. The molecular formula is C16H18BrNO2S. The van der Waals surface area contributed by atoms with Gasteiger partial charge in [0.2, 0.25) is 0 Å². The summed E-state index contributed by atoms with van der Waals surface area (Å²) in [7, 11) is 0. The fourth-order valence-electron chi connectivity index (χ4n) is 1.85. The van der Waals surface area contributed by atoms with Crippen molar-refractivity contribution in [3.63, 3.8) is 0 Å². The first kappa shape index (κ1) is 16.2. The monoisotopic (exact) mass is 367 g/mol. The third-order valence-electron chi connectivity index (χ3n) is 2.94. The molecule has 0 aliphatic heterocycles. The lowest BCUT2D eigenvalue weighted by Gasteiger charge is -2.04. The van der Waals surface area contributed by atoms with Crippen LogP contribution in [0.3, 0.4) is 0 Å². The summed E-state index contributed by atoms with van der Waals surface area (Å²) in [6, 6.07) is 7.86. The van der Waals surface area contributed by atoms with E-state index in [1.165, 1.54) is 11.3 Å². The zero-order chi connectivity index (χ0) is 15.2. The van der Waals surface area contributed by atoms with Crippen molar-refractivity contribution < 1.29 is 9.53 Å². The first-order valence-corrected chi connectivity index (χ1v) is 8.56. The summed E-state index contributed by atoms with van der Waals surface area (Å²) in [4.78, 5) is 16.8. The second kappa shape index (κ2) is 7.71. The molecule has 0 aliphatic rings. The fraction of sp³-hybridized carbons (Fsp3) is 0.375. The van der Waals surface area contributed by atoms with Crippen LogP contribution in [0.2, 0.25) is 0 Å². The number of nitrogens with zero attached hydrogens (tertiary/aromatic N) is 1. The van der Waals surface area contributed by atoms with Crippen LogP contribution in [0, 0.1) is 5.92 Å². The van der Waals surface area contributed by atoms with E-state index >= 15 is 0 Å². The van der Waals surface area contributed by atoms with Gasteiger partial charge in [0.05, 0.1) is 12.8 Å². The fourth-order valence-corrected chi connectivity index (χ4v) is 3.06. The first-order valence-electron chi connectivity index (χ1n) is 6.95. The predicted molar refractivity (Wildman–Crippen MR) is 89.6 cm³/mol. The zero-order valence-corrected chi connectivity index (χ0v) is 14.5. The van der Waals surface area contributed by atoms with Crippen molar-refractivity contribution in [2.24, 2.45) is 5.92 Å². The minimum absolute atomic E-state index is 0.280. The van der Waals surface area contributed by atoms with Crippen molar-refractivity contribution in [1.82, 2.24) is 4.98 Å². The molecule has 0 bridgehead atoms. The lowest BCUT2D eigenvalue weighted by molar-refractivity contribution is 0.0500. The van der Waals surface area contributed by atoms with Crippen LogP contribution in [0.25, 0.3) is 10.6 Å². The van der Waals surface area contributed by atoms with Gasteiger partial charge >= 0.3 is 5.97 Å². The van der Waals surface area contributed by atoms with Crippen LogP contribution in [0.4, 0.5) is 0 Å². The summed E-state index contributed by atoms with van der Waals surface area (Å²) in [5.41, 5.74) is 0.994. The van der Waals surface area contributed by atoms with Gasteiger partial charge in [0, 0.05) is 10.0 Å². The van der Waals surface area contributed by atoms with Crippen molar-refractivity contribution in [3.8, 4) is 10.6 Å². The number of esters is 1. The molecule has 3 nitrogen and oxygen atoms in total. The largest absolute Gasteiger partial charge is 0.461 e. The Bertz CT molecular complexity index is 610. The smallest absolute Gasteiger partial charge is 0.349 e. The minimum Gasteiger partial charge on any atom is -0.461 e. The number of aromatic nitrogens is 1. The van der Waals surface area contributed by atoms with E-state index in [4.69, 9.17) is 4.74 Å². The quantitative estimate of drug-likeness (QED) is 0.522. The number of hydrogen-bond donors (Lipinski definition) is 0. The van der Waals surface area contributed by atoms with Crippen LogP contribution < -0.4 is 0 Å². The van der Waals surface area contributed by atoms with E-state index in [-0.39, 0.29) is 5.97 Å². The Labute approximate surface area is 137 Å². The Morgan fingerprint density at radius 3 is 2.95 bits per heavy atom. The average Bonchev–Trinajstić information content (AvgIpc) is 2.93. The van der Waals surface area contributed by atoms with E-state index in [1.54, 1.807) is 6.20 Å². The summed E-state index contributed by atoms with van der Waals surface area (Å²) in [6.45, 7) is 4.80. The summed E-state index contributed by atoms with van der Waals surface area (Å²) >= 11 is 4.79. The topological polar surface area (TPSA) is 39.2 Å². The van der Waals surface area contributed by atoms with Crippen LogP contribution in [-0.2, 0) is 4.74 Å². The second-order valence-electron chi connectivity index (χ2n) is 5.21. The number of ether oxygens (including phenoxy) is 1. The lowest BCUT2D eigenvalue weighted by atomic mass is 10.1. The molecule has 21 heavy (non-hydrogen) atoms. The molecule has 0 aliphatic carbocycles. The highest BCUT2D eigenvalue weighted by molar-refractivity contribution is 9.10. The van der Waals surface area contributed by atoms with E-state index in [9.17, 15) is 4.79 Å². The summed E-state index contributed by atoms with van der Waals surface area (Å²) in [6.07, 6.45) is 3.56. The maximum atomic E-state index is 11.9. The van der Waals surface area contributed by atoms with Gasteiger partial charge in [0.15, 0.2) is 0 Å². The summed E-state index contributed by atoms with van der Waals surface area (Å²) in [5.74, 6) is 0.354. The summed E-state index contributed by atoms with van der Waals surface area (Å²) in [5, 5.41) is 0.824. The van der Waals surface area contributed by atoms with Gasteiger partial charge in [-0.15, -0.1) is 11.3 Å². The normalized spacial score (nSPS) is 10.9. The lowest BCUT2D eigenvalue weighted by Crippen LogP contribution is -2.05. The third-order valence-corrected chi connectivity index (χ3v) is 4.46. The van der Waals surface area contributed by atoms with Crippen LogP contribution >= 0.6 is 27.3 Å². The molecule has 0 unspecified atom stereocenters. The van der Waals surface area contributed by atoms with Gasteiger partial charge in [0.1, 0.15) is 9.88 Å². The molecule has 0 spiro atoms. The first-order chi connectivity index (χ1) is 10.1. The molecule has 0 saturated heterocycles. The van der Waals surface area contributed by atoms with Gasteiger partial charge in [0.25, 0.3) is 0 Å². The Hall–Kier alpha value is -1.20. The van der Waals surface area contributed by atoms with E-state index < -0.39 is 0 Å². The SMILES string of the molecule is CC(C)CCCOC(=O)c1cnc(-c2cccc(Br)c2)s1. The Morgan fingerprint density at radius 1 is 1.43 bits per heavy atom. The zero-order valence-electron chi connectivity index (χ0n) is 12.1. The molecule has 0 N–H and O–H groups in total. The minimum atomic E-state index is -0.280. The molecule has 1 heterocycles. The highest BCUT2D eigenvalue weighted by Crippen LogP contribution is 2.27. The van der Waals surface area contributed by atoms with E-state index in [0.29, 0.717) is 17.4 Å². The number of hydrogen-bond acceptors (Lipinski definition) is 4. The highest BCUT2D eigenvalue weighted by Gasteiger charge is 2.13. The Kier molecular flexibility index (Phi) is 5.94. The van der Waals surface area contributed by atoms with Crippen LogP contribution in [0.5, 0.6) is 0 Å². The molecule has 0 fully saturated rings. The Morgan fingerprint density at radius 2 is 2.24 bits per heavy atom.